The van der Waals surface area contributed by atoms with Gasteiger partial charge in [0.1, 0.15) is 5.82 Å². The fourth-order valence-corrected chi connectivity index (χ4v) is 3.38. The van der Waals surface area contributed by atoms with E-state index in [0.29, 0.717) is 12.0 Å². The van der Waals surface area contributed by atoms with Crippen LogP contribution < -0.4 is 10.6 Å². The summed E-state index contributed by atoms with van der Waals surface area (Å²) in [5, 5.41) is 11.7. The summed E-state index contributed by atoms with van der Waals surface area (Å²) in [5.41, 5.74) is 2.78. The molecule has 2 N–H and O–H groups in total. The van der Waals surface area contributed by atoms with Gasteiger partial charge in [-0.25, -0.2) is 4.68 Å². The Bertz CT molecular complexity index is 627. The second-order valence-corrected chi connectivity index (χ2v) is 6.78. The molecule has 0 bridgehead atoms. The molecule has 116 valence electrons. The predicted octanol–water partition coefficient (Wildman–Crippen LogP) is 2.97. The standard InChI is InChI=1S/C18H24N4/c1-13-2-4-15(5-3-13)18(16-6-7-16)20-11-14-10-19-17-8-9-21-22(17)12-14/h2-5,8-9,14,16,18-20H,6-7,10-12H2,1H3/t14-,18-/m1/s1. The van der Waals surface area contributed by atoms with E-state index < -0.39 is 0 Å². The van der Waals surface area contributed by atoms with E-state index in [1.165, 1.54) is 24.0 Å². The molecule has 1 aromatic carbocycles. The van der Waals surface area contributed by atoms with Gasteiger partial charge in [0.05, 0.1) is 6.20 Å². The van der Waals surface area contributed by atoms with E-state index >= 15 is 0 Å². The third kappa shape index (κ3) is 2.88. The van der Waals surface area contributed by atoms with Gasteiger partial charge in [0, 0.05) is 37.7 Å². The van der Waals surface area contributed by atoms with Crippen molar-refractivity contribution in [2.75, 3.05) is 18.4 Å². The molecule has 0 radical (unpaired) electrons. The van der Waals surface area contributed by atoms with E-state index in [0.717, 1.165) is 31.4 Å². The molecule has 0 spiro atoms. The van der Waals surface area contributed by atoms with Crippen molar-refractivity contribution in [3.05, 3.63) is 47.7 Å². The van der Waals surface area contributed by atoms with Gasteiger partial charge in [-0.1, -0.05) is 29.8 Å². The van der Waals surface area contributed by atoms with Crippen LogP contribution in [0.2, 0.25) is 0 Å². The zero-order chi connectivity index (χ0) is 14.9. The maximum absolute atomic E-state index is 4.38. The predicted molar refractivity (Wildman–Crippen MR) is 88.9 cm³/mol. The number of rotatable bonds is 5. The summed E-state index contributed by atoms with van der Waals surface area (Å²) < 4.78 is 2.08. The average molecular weight is 296 g/mol. The first-order valence-electron chi connectivity index (χ1n) is 8.35. The van der Waals surface area contributed by atoms with Crippen LogP contribution in [0.25, 0.3) is 0 Å². The molecule has 2 aromatic rings. The molecule has 1 aliphatic carbocycles. The fraction of sp³-hybridized carbons (Fsp3) is 0.500. The number of hydrogen-bond acceptors (Lipinski definition) is 3. The molecule has 1 aliphatic heterocycles. The van der Waals surface area contributed by atoms with Gasteiger partial charge >= 0.3 is 0 Å². The number of anilines is 1. The van der Waals surface area contributed by atoms with Crippen molar-refractivity contribution >= 4 is 5.82 Å². The van der Waals surface area contributed by atoms with E-state index in [1.807, 2.05) is 12.3 Å². The van der Waals surface area contributed by atoms with Gasteiger partial charge in [0.25, 0.3) is 0 Å². The van der Waals surface area contributed by atoms with Crippen LogP contribution in [0.15, 0.2) is 36.5 Å². The van der Waals surface area contributed by atoms with Crippen LogP contribution >= 0.6 is 0 Å². The Labute approximate surface area is 131 Å². The van der Waals surface area contributed by atoms with Gasteiger partial charge in [-0.15, -0.1) is 0 Å². The SMILES string of the molecule is Cc1ccc([C@@H](NC[C@H]2CNc3ccnn3C2)C2CC2)cc1. The minimum atomic E-state index is 0.514. The van der Waals surface area contributed by atoms with Gasteiger partial charge < -0.3 is 10.6 Å². The van der Waals surface area contributed by atoms with Crippen molar-refractivity contribution in [3.8, 4) is 0 Å². The van der Waals surface area contributed by atoms with Crippen LogP contribution in [-0.4, -0.2) is 22.9 Å². The number of benzene rings is 1. The van der Waals surface area contributed by atoms with Crippen molar-refractivity contribution in [1.82, 2.24) is 15.1 Å². The van der Waals surface area contributed by atoms with Crippen LogP contribution in [0.4, 0.5) is 5.82 Å². The highest BCUT2D eigenvalue weighted by Gasteiger charge is 2.32. The average Bonchev–Trinajstić information content (AvgIpc) is 3.26. The first-order valence-corrected chi connectivity index (χ1v) is 8.35. The summed E-state index contributed by atoms with van der Waals surface area (Å²) in [6.07, 6.45) is 4.59. The monoisotopic (exact) mass is 296 g/mol. The first kappa shape index (κ1) is 13.8. The number of aromatic nitrogens is 2. The van der Waals surface area contributed by atoms with Crippen LogP contribution in [0, 0.1) is 18.8 Å². The molecule has 22 heavy (non-hydrogen) atoms. The highest BCUT2D eigenvalue weighted by atomic mass is 15.3. The Hall–Kier alpha value is -1.81. The number of nitrogens with one attached hydrogen (secondary N) is 2. The molecule has 2 atom stereocenters. The number of hydrogen-bond donors (Lipinski definition) is 2. The van der Waals surface area contributed by atoms with Gasteiger partial charge in [0.15, 0.2) is 0 Å². The lowest BCUT2D eigenvalue weighted by molar-refractivity contribution is 0.358. The van der Waals surface area contributed by atoms with Gasteiger partial charge in [-0.3, -0.25) is 0 Å². The Morgan fingerprint density at radius 3 is 2.86 bits per heavy atom. The highest BCUT2D eigenvalue weighted by molar-refractivity contribution is 5.35. The Morgan fingerprint density at radius 2 is 2.09 bits per heavy atom. The second-order valence-electron chi connectivity index (χ2n) is 6.78. The van der Waals surface area contributed by atoms with Crippen molar-refractivity contribution < 1.29 is 0 Å². The van der Waals surface area contributed by atoms with E-state index in [1.54, 1.807) is 0 Å². The summed E-state index contributed by atoms with van der Waals surface area (Å²) in [6, 6.07) is 11.6. The molecule has 4 nitrogen and oxygen atoms in total. The van der Waals surface area contributed by atoms with E-state index in [-0.39, 0.29) is 0 Å². The number of fused-ring (bicyclic) bond motifs is 1. The molecule has 4 rings (SSSR count). The minimum absolute atomic E-state index is 0.514. The Balaban J connectivity index is 1.40. The molecule has 4 heteroatoms. The Kier molecular flexibility index (Phi) is 3.62. The van der Waals surface area contributed by atoms with Crippen molar-refractivity contribution in [2.24, 2.45) is 11.8 Å². The van der Waals surface area contributed by atoms with Crippen LogP contribution in [-0.2, 0) is 6.54 Å². The summed E-state index contributed by atoms with van der Waals surface area (Å²) in [7, 11) is 0. The first-order chi connectivity index (χ1) is 10.8. The van der Waals surface area contributed by atoms with Gasteiger partial charge in [0.2, 0.25) is 0 Å². The highest BCUT2D eigenvalue weighted by Crippen LogP contribution is 2.41. The third-order valence-corrected chi connectivity index (χ3v) is 4.88. The fourth-order valence-electron chi connectivity index (χ4n) is 3.38. The zero-order valence-electron chi connectivity index (χ0n) is 13.1. The van der Waals surface area contributed by atoms with Gasteiger partial charge in [-0.2, -0.15) is 5.10 Å². The molecule has 0 saturated heterocycles. The van der Waals surface area contributed by atoms with Crippen molar-refractivity contribution in [3.63, 3.8) is 0 Å². The molecule has 1 saturated carbocycles. The van der Waals surface area contributed by atoms with Crippen LogP contribution in [0.1, 0.15) is 30.0 Å². The maximum Gasteiger partial charge on any atom is 0.124 e. The lowest BCUT2D eigenvalue weighted by Crippen LogP contribution is -2.37. The van der Waals surface area contributed by atoms with Crippen LogP contribution in [0.5, 0.6) is 0 Å². The number of nitrogens with zero attached hydrogens (tertiary/aromatic N) is 2. The second kappa shape index (κ2) is 5.76. The molecule has 0 unspecified atom stereocenters. The van der Waals surface area contributed by atoms with E-state index in [9.17, 15) is 0 Å². The molecule has 1 aromatic heterocycles. The largest absolute Gasteiger partial charge is 0.370 e. The van der Waals surface area contributed by atoms with Crippen molar-refractivity contribution in [2.45, 2.75) is 32.4 Å². The summed E-state index contributed by atoms with van der Waals surface area (Å²) in [6.45, 7) is 5.23. The van der Waals surface area contributed by atoms with E-state index in [4.69, 9.17) is 0 Å². The molecule has 1 fully saturated rings. The lowest BCUT2D eigenvalue weighted by atomic mass is 9.99. The molecular weight excluding hydrogens is 272 g/mol. The summed E-state index contributed by atoms with van der Waals surface area (Å²) in [5.74, 6) is 2.56. The molecule has 2 aliphatic rings. The van der Waals surface area contributed by atoms with Crippen LogP contribution in [0.3, 0.4) is 0 Å². The lowest BCUT2D eigenvalue weighted by Gasteiger charge is -2.28. The normalized spacial score (nSPS) is 22.0. The quantitative estimate of drug-likeness (QED) is 0.891. The Morgan fingerprint density at radius 1 is 1.27 bits per heavy atom. The van der Waals surface area contributed by atoms with Gasteiger partial charge in [-0.05, 0) is 31.2 Å². The third-order valence-electron chi connectivity index (χ3n) is 4.88. The summed E-state index contributed by atoms with van der Waals surface area (Å²) >= 11 is 0. The number of aryl methyl sites for hydroxylation is 1. The zero-order valence-corrected chi connectivity index (χ0v) is 13.1. The smallest absolute Gasteiger partial charge is 0.124 e. The topological polar surface area (TPSA) is 41.9 Å². The molecular formula is C18H24N4. The summed E-state index contributed by atoms with van der Waals surface area (Å²) in [4.78, 5) is 0. The molecule has 2 heterocycles. The minimum Gasteiger partial charge on any atom is -0.370 e. The van der Waals surface area contributed by atoms with E-state index in [2.05, 4.69) is 51.6 Å². The molecule has 0 amide bonds. The van der Waals surface area contributed by atoms with Crippen molar-refractivity contribution in [1.29, 1.82) is 0 Å². The maximum atomic E-state index is 4.38.